The molecule has 1 N–H and O–H groups in total. The van der Waals surface area contributed by atoms with Crippen LogP contribution in [0.3, 0.4) is 0 Å². The second-order valence-electron chi connectivity index (χ2n) is 12.3. The molecule has 11 heteroatoms. The van der Waals surface area contributed by atoms with E-state index in [9.17, 15) is 27.6 Å². The molecule has 4 fully saturated rings. The van der Waals surface area contributed by atoms with E-state index >= 15 is 0 Å². The maximum atomic E-state index is 13.1. The zero-order valence-electron chi connectivity index (χ0n) is 23.8. The normalized spacial score (nSPS) is 25.8. The topological polar surface area (TPSA) is 82.2 Å². The van der Waals surface area contributed by atoms with Crippen LogP contribution in [0, 0.1) is 17.8 Å². The molecule has 1 aromatic rings. The third kappa shape index (κ3) is 6.98. The number of alkyl halides is 3. The average molecular weight is 579 g/mol. The van der Waals surface area contributed by atoms with Gasteiger partial charge in [-0.3, -0.25) is 14.5 Å². The number of hydrogen-bond acceptors (Lipinski definition) is 5. The van der Waals surface area contributed by atoms with Crippen molar-refractivity contribution in [3.05, 3.63) is 35.4 Å². The summed E-state index contributed by atoms with van der Waals surface area (Å²) < 4.78 is 44.4. The molecule has 0 radical (unpaired) electrons. The number of nitrogens with one attached hydrogen (secondary N) is 1. The summed E-state index contributed by atoms with van der Waals surface area (Å²) in [7, 11) is 1.65. The highest BCUT2D eigenvalue weighted by molar-refractivity contribution is 5.81. The molecule has 41 heavy (non-hydrogen) atoms. The van der Waals surface area contributed by atoms with E-state index in [4.69, 9.17) is 4.74 Å². The smallest absolute Gasteiger partial charge is 0.416 e. The predicted molar refractivity (Wildman–Crippen MR) is 146 cm³/mol. The van der Waals surface area contributed by atoms with Gasteiger partial charge >= 0.3 is 12.3 Å². The number of ether oxygens (including phenoxy) is 1. The number of hydrogen-bond donors (Lipinski definition) is 1. The van der Waals surface area contributed by atoms with Gasteiger partial charge in [0.2, 0.25) is 11.8 Å². The van der Waals surface area contributed by atoms with Gasteiger partial charge in [-0.05, 0) is 62.1 Å². The van der Waals surface area contributed by atoms with Gasteiger partial charge < -0.3 is 19.9 Å². The minimum atomic E-state index is -4.34. The Labute approximate surface area is 239 Å². The third-order valence-corrected chi connectivity index (χ3v) is 9.59. The first-order valence-electron chi connectivity index (χ1n) is 14.9. The van der Waals surface area contributed by atoms with Crippen LogP contribution in [0.2, 0.25) is 0 Å². The zero-order valence-corrected chi connectivity index (χ0v) is 23.8. The summed E-state index contributed by atoms with van der Waals surface area (Å²) in [5.41, 5.74) is -0.306. The first-order chi connectivity index (χ1) is 19.5. The van der Waals surface area contributed by atoms with E-state index in [1.54, 1.807) is 7.05 Å². The lowest BCUT2D eigenvalue weighted by atomic mass is 9.80. The molecule has 1 aliphatic carbocycles. The van der Waals surface area contributed by atoms with E-state index in [1.165, 1.54) is 12.1 Å². The van der Waals surface area contributed by atoms with Gasteiger partial charge in [-0.1, -0.05) is 12.1 Å². The highest BCUT2D eigenvalue weighted by atomic mass is 19.4. The molecule has 0 bridgehead atoms. The van der Waals surface area contributed by atoms with E-state index in [-0.39, 0.29) is 29.7 Å². The van der Waals surface area contributed by atoms with Gasteiger partial charge in [0.25, 0.3) is 0 Å². The summed E-state index contributed by atoms with van der Waals surface area (Å²) in [5, 5.41) is 2.70. The summed E-state index contributed by atoms with van der Waals surface area (Å²) in [6.07, 6.45) is 1.69. The molecule has 226 valence electrons. The summed E-state index contributed by atoms with van der Waals surface area (Å²) in [6, 6.07) is 5.31. The van der Waals surface area contributed by atoms with Crippen LogP contribution in [0.5, 0.6) is 0 Å². The van der Waals surface area contributed by atoms with Crippen molar-refractivity contribution >= 4 is 17.9 Å². The predicted octanol–water partition coefficient (Wildman–Crippen LogP) is 4.28. The lowest BCUT2D eigenvalue weighted by Gasteiger charge is -2.38. The summed E-state index contributed by atoms with van der Waals surface area (Å²) in [4.78, 5) is 43.7. The number of rotatable bonds is 6. The highest BCUT2D eigenvalue weighted by Crippen LogP contribution is 2.37. The van der Waals surface area contributed by atoms with E-state index < -0.39 is 17.3 Å². The second-order valence-corrected chi connectivity index (χ2v) is 12.3. The van der Waals surface area contributed by atoms with E-state index in [0.717, 1.165) is 56.5 Å². The number of benzene rings is 1. The van der Waals surface area contributed by atoms with Gasteiger partial charge in [0.05, 0.1) is 12.1 Å². The highest BCUT2D eigenvalue weighted by Gasteiger charge is 2.47. The van der Waals surface area contributed by atoms with Crippen LogP contribution in [0.1, 0.15) is 62.5 Å². The summed E-state index contributed by atoms with van der Waals surface area (Å²) >= 11 is 0. The molecule has 1 aromatic carbocycles. The number of amides is 3. The van der Waals surface area contributed by atoms with Gasteiger partial charge in [0.1, 0.15) is 5.60 Å². The molecule has 4 aliphatic rings. The minimum Gasteiger partial charge on any atom is -0.441 e. The largest absolute Gasteiger partial charge is 0.441 e. The quantitative estimate of drug-likeness (QED) is 0.545. The van der Waals surface area contributed by atoms with Crippen molar-refractivity contribution in [2.45, 2.75) is 69.7 Å². The van der Waals surface area contributed by atoms with Gasteiger partial charge in [0.15, 0.2) is 0 Å². The maximum Gasteiger partial charge on any atom is 0.416 e. The molecular weight excluding hydrogens is 537 g/mol. The zero-order chi connectivity index (χ0) is 29.2. The van der Waals surface area contributed by atoms with Crippen molar-refractivity contribution in [2.24, 2.45) is 17.8 Å². The Kier molecular flexibility index (Phi) is 8.82. The molecule has 8 nitrogen and oxygen atoms in total. The van der Waals surface area contributed by atoms with E-state index in [0.29, 0.717) is 64.3 Å². The van der Waals surface area contributed by atoms with Crippen molar-refractivity contribution in [3.63, 3.8) is 0 Å². The molecule has 3 aliphatic heterocycles. The van der Waals surface area contributed by atoms with Gasteiger partial charge in [0, 0.05) is 71.0 Å². The molecule has 3 amide bonds. The molecule has 3 saturated heterocycles. The first kappa shape index (κ1) is 29.7. The Bertz CT molecular complexity index is 1090. The number of piperidine rings is 2. The Morgan fingerprint density at radius 1 is 0.951 bits per heavy atom. The Hall–Kier alpha value is -2.82. The Morgan fingerprint density at radius 2 is 1.59 bits per heavy atom. The fourth-order valence-electron chi connectivity index (χ4n) is 7.00. The minimum absolute atomic E-state index is 0.00503. The fraction of sp³-hybridized carbons (Fsp3) is 0.700. The van der Waals surface area contributed by atoms with Crippen LogP contribution in [-0.4, -0.2) is 84.5 Å². The Balaban J connectivity index is 1.04. The average Bonchev–Trinajstić information content (AvgIpc) is 3.27. The van der Waals surface area contributed by atoms with Crippen LogP contribution in [-0.2, 0) is 27.0 Å². The van der Waals surface area contributed by atoms with Crippen molar-refractivity contribution in [3.8, 4) is 0 Å². The number of halogens is 3. The van der Waals surface area contributed by atoms with Crippen LogP contribution in [0.25, 0.3) is 0 Å². The lowest BCUT2D eigenvalue weighted by Crippen LogP contribution is -2.47. The molecule has 3 heterocycles. The standard InChI is InChI=1S/C30H41F3N4O4/c1-34-26(38)23-10-14-36(15-11-23)27(39)24-6-2-22(3-7-24)19-37-20-29(41-28(37)40)12-16-35(17-13-29)18-21-4-8-25(9-5-21)30(31,32)33/h4-5,8-9,22-24H,2-3,6-7,10-20H2,1H3,(H,34,38). The molecule has 0 unspecified atom stereocenters. The van der Waals surface area contributed by atoms with Gasteiger partial charge in [-0.15, -0.1) is 0 Å². The molecule has 0 atom stereocenters. The maximum absolute atomic E-state index is 13.1. The third-order valence-electron chi connectivity index (χ3n) is 9.59. The van der Waals surface area contributed by atoms with E-state index in [1.807, 2.05) is 9.80 Å². The fourth-order valence-corrected chi connectivity index (χ4v) is 7.00. The van der Waals surface area contributed by atoms with Crippen molar-refractivity contribution < 1.29 is 32.3 Å². The van der Waals surface area contributed by atoms with Crippen molar-refractivity contribution in [1.29, 1.82) is 0 Å². The van der Waals surface area contributed by atoms with Crippen LogP contribution in [0.15, 0.2) is 24.3 Å². The molecule has 1 spiro atoms. The van der Waals surface area contributed by atoms with Crippen molar-refractivity contribution in [2.75, 3.05) is 46.3 Å². The van der Waals surface area contributed by atoms with Gasteiger partial charge in [-0.25, -0.2) is 4.79 Å². The second kappa shape index (κ2) is 12.2. The van der Waals surface area contributed by atoms with Crippen molar-refractivity contribution in [1.82, 2.24) is 20.0 Å². The number of nitrogens with zero attached hydrogens (tertiary/aromatic N) is 3. The molecule has 1 saturated carbocycles. The number of carbonyl (C=O) groups is 3. The van der Waals surface area contributed by atoms with Crippen LogP contribution in [0.4, 0.5) is 18.0 Å². The molecule has 5 rings (SSSR count). The Morgan fingerprint density at radius 3 is 2.17 bits per heavy atom. The summed E-state index contributed by atoms with van der Waals surface area (Å²) in [6.45, 7) is 4.50. The number of likely N-dealkylation sites (tertiary alicyclic amines) is 2. The lowest BCUT2D eigenvalue weighted by molar-refractivity contribution is -0.140. The van der Waals surface area contributed by atoms with Crippen LogP contribution >= 0.6 is 0 Å². The monoisotopic (exact) mass is 578 g/mol. The van der Waals surface area contributed by atoms with E-state index in [2.05, 4.69) is 10.2 Å². The van der Waals surface area contributed by atoms with Crippen LogP contribution < -0.4 is 5.32 Å². The summed E-state index contributed by atoms with van der Waals surface area (Å²) in [5.74, 6) is 0.633. The molecule has 0 aromatic heterocycles. The number of carbonyl (C=O) groups excluding carboxylic acids is 3. The molecular formula is C30H41F3N4O4. The SMILES string of the molecule is CNC(=O)C1CCN(C(=O)C2CCC(CN3CC4(CCN(Cc5ccc(C(F)(F)F)cc5)CC4)OC3=O)CC2)CC1. The first-order valence-corrected chi connectivity index (χ1v) is 14.9. The van der Waals surface area contributed by atoms with Gasteiger partial charge in [-0.2, -0.15) is 13.2 Å².